The maximum Gasteiger partial charge on any atom is 0.106 e. The van der Waals surface area contributed by atoms with E-state index in [0.717, 1.165) is 19.7 Å². The quantitative estimate of drug-likeness (QED) is 0.551. The Balaban J connectivity index is 0.000000120. The molecule has 0 aromatic heterocycles. The van der Waals surface area contributed by atoms with Crippen molar-refractivity contribution >= 4 is 0 Å². The highest BCUT2D eigenvalue weighted by Crippen LogP contribution is 1.87. The molecule has 0 unspecified atom stereocenters. The van der Waals surface area contributed by atoms with Crippen LogP contribution in [0.25, 0.3) is 0 Å². The van der Waals surface area contributed by atoms with Gasteiger partial charge in [-0.15, -0.1) is 0 Å². The van der Waals surface area contributed by atoms with Crippen molar-refractivity contribution in [2.24, 2.45) is 0 Å². The monoisotopic (exact) mass is 165 g/mol. The van der Waals surface area contributed by atoms with Crippen molar-refractivity contribution in [3.05, 3.63) is 36.6 Å². The molecule has 12 heavy (non-hydrogen) atoms. The highest BCUT2D eigenvalue weighted by atomic mass is 16.5. The van der Waals surface area contributed by atoms with Gasteiger partial charge in [0, 0.05) is 6.54 Å². The number of hydrogen-bond acceptors (Lipinski definition) is 2. The van der Waals surface area contributed by atoms with Gasteiger partial charge < -0.3 is 10.1 Å². The Morgan fingerprint density at radius 1 is 1.08 bits per heavy atom. The van der Waals surface area contributed by atoms with Gasteiger partial charge in [-0.25, -0.2) is 0 Å². The molecule has 0 saturated heterocycles. The Morgan fingerprint density at radius 3 is 2.25 bits per heavy atom. The van der Waals surface area contributed by atoms with Gasteiger partial charge in [0.05, 0.1) is 6.26 Å². The van der Waals surface area contributed by atoms with Gasteiger partial charge in [-0.1, -0.05) is 18.2 Å². The lowest BCUT2D eigenvalue weighted by atomic mass is 10.3. The Bertz CT molecular complexity index is 162. The molecule has 2 heteroatoms. The Kier molecular flexibility index (Phi) is 5.05. The van der Waals surface area contributed by atoms with Crippen molar-refractivity contribution in [2.75, 3.05) is 19.7 Å². The first-order valence-corrected chi connectivity index (χ1v) is 4.29. The van der Waals surface area contributed by atoms with Crippen molar-refractivity contribution in [3.63, 3.8) is 0 Å². The summed E-state index contributed by atoms with van der Waals surface area (Å²) in [4.78, 5) is 0. The highest BCUT2D eigenvalue weighted by Gasteiger charge is 1.84. The Morgan fingerprint density at radius 2 is 2.08 bits per heavy atom. The van der Waals surface area contributed by atoms with Crippen molar-refractivity contribution < 1.29 is 4.74 Å². The highest BCUT2D eigenvalue weighted by molar-refractivity contribution is 5.02. The minimum atomic E-state index is 0.733. The van der Waals surface area contributed by atoms with Crippen molar-refractivity contribution in [1.82, 2.24) is 5.32 Å². The molecule has 0 saturated carbocycles. The molecule has 0 aromatic rings. The fraction of sp³-hybridized carbons (Fsp3) is 0.400. The van der Waals surface area contributed by atoms with Gasteiger partial charge >= 0.3 is 0 Å². The summed E-state index contributed by atoms with van der Waals surface area (Å²) in [7, 11) is 0. The van der Waals surface area contributed by atoms with Crippen LogP contribution < -0.4 is 5.32 Å². The molecule has 2 nitrogen and oxygen atoms in total. The molecule has 2 aliphatic heterocycles. The van der Waals surface area contributed by atoms with E-state index >= 15 is 0 Å². The molecule has 1 N–H and O–H groups in total. The molecule has 0 spiro atoms. The van der Waals surface area contributed by atoms with E-state index in [9.17, 15) is 0 Å². The third-order valence-electron chi connectivity index (χ3n) is 1.53. The molecule has 2 aliphatic rings. The van der Waals surface area contributed by atoms with E-state index in [1.54, 1.807) is 6.26 Å². The van der Waals surface area contributed by atoms with Crippen LogP contribution in [0.1, 0.15) is 6.42 Å². The number of allylic oxidation sites excluding steroid dienone is 2. The zero-order chi connectivity index (χ0) is 8.49. The van der Waals surface area contributed by atoms with Gasteiger partial charge in [-0.3, -0.25) is 0 Å². The summed E-state index contributed by atoms with van der Waals surface area (Å²) in [5.41, 5.74) is 0. The lowest BCUT2D eigenvalue weighted by Crippen LogP contribution is -2.17. The zero-order valence-corrected chi connectivity index (χ0v) is 7.20. The maximum absolute atomic E-state index is 4.80. The summed E-state index contributed by atoms with van der Waals surface area (Å²) >= 11 is 0. The van der Waals surface area contributed by atoms with Crippen molar-refractivity contribution in [1.29, 1.82) is 0 Å². The Labute approximate surface area is 73.6 Å². The topological polar surface area (TPSA) is 21.3 Å². The van der Waals surface area contributed by atoms with Crippen molar-refractivity contribution in [2.45, 2.75) is 6.42 Å². The van der Waals surface area contributed by atoms with Gasteiger partial charge in [0.15, 0.2) is 0 Å². The molecule has 0 amide bonds. The summed E-state index contributed by atoms with van der Waals surface area (Å²) in [5, 5.41) is 3.20. The lowest BCUT2D eigenvalue weighted by molar-refractivity contribution is 0.286. The van der Waals surface area contributed by atoms with Crippen LogP contribution in [0.4, 0.5) is 0 Å². The van der Waals surface area contributed by atoms with Gasteiger partial charge in [0.2, 0.25) is 0 Å². The number of rotatable bonds is 0. The number of ether oxygens (including phenoxy) is 1. The molecule has 2 heterocycles. The van der Waals surface area contributed by atoms with Crippen LogP contribution in [-0.2, 0) is 4.74 Å². The lowest BCUT2D eigenvalue weighted by Gasteiger charge is -2.01. The molecule has 0 radical (unpaired) electrons. The fourth-order valence-corrected chi connectivity index (χ4v) is 0.918. The molecule has 66 valence electrons. The molecule has 0 bridgehead atoms. The average Bonchev–Trinajstić information content (AvgIpc) is 2.24. The third-order valence-corrected chi connectivity index (χ3v) is 1.53. The van der Waals surface area contributed by atoms with E-state index < -0.39 is 0 Å². The van der Waals surface area contributed by atoms with Crippen LogP contribution >= 0.6 is 0 Å². The molecule has 0 fully saturated rings. The van der Waals surface area contributed by atoms with E-state index in [2.05, 4.69) is 17.5 Å². The summed E-state index contributed by atoms with van der Waals surface area (Å²) in [6.07, 6.45) is 13.0. The van der Waals surface area contributed by atoms with E-state index in [1.807, 2.05) is 18.2 Å². The van der Waals surface area contributed by atoms with E-state index in [1.165, 1.54) is 6.42 Å². The van der Waals surface area contributed by atoms with Crippen LogP contribution in [-0.4, -0.2) is 19.7 Å². The van der Waals surface area contributed by atoms with Crippen LogP contribution in [0, 0.1) is 0 Å². The summed E-state index contributed by atoms with van der Waals surface area (Å²) in [6, 6.07) is 0. The van der Waals surface area contributed by atoms with Gasteiger partial charge in [0.1, 0.15) is 6.61 Å². The predicted molar refractivity (Wildman–Crippen MR) is 50.9 cm³/mol. The molecule has 0 aromatic carbocycles. The number of hydrogen-bond donors (Lipinski definition) is 1. The first kappa shape index (κ1) is 9.07. The van der Waals surface area contributed by atoms with Crippen molar-refractivity contribution in [3.8, 4) is 0 Å². The summed E-state index contributed by atoms with van der Waals surface area (Å²) in [6.45, 7) is 2.97. The summed E-state index contributed by atoms with van der Waals surface area (Å²) in [5.74, 6) is 0. The molecular weight excluding hydrogens is 150 g/mol. The normalized spacial score (nSPS) is 19.3. The zero-order valence-electron chi connectivity index (χ0n) is 7.20. The van der Waals surface area contributed by atoms with Gasteiger partial charge in [-0.05, 0) is 25.1 Å². The van der Waals surface area contributed by atoms with Crippen LogP contribution in [0.5, 0.6) is 0 Å². The van der Waals surface area contributed by atoms with Gasteiger partial charge in [-0.2, -0.15) is 0 Å². The third kappa shape index (κ3) is 4.74. The smallest absolute Gasteiger partial charge is 0.106 e. The van der Waals surface area contributed by atoms with Crippen LogP contribution in [0.15, 0.2) is 36.6 Å². The maximum atomic E-state index is 4.80. The average molecular weight is 165 g/mol. The van der Waals surface area contributed by atoms with E-state index in [0.29, 0.717) is 0 Å². The molecule has 0 aliphatic carbocycles. The first-order chi connectivity index (χ1) is 6.00. The molecule has 0 atom stereocenters. The second kappa shape index (κ2) is 6.68. The standard InChI is InChI=1S/C5H9N.C5H6O/c2*1-2-4-6-5-3-1/h1-2,6H,3-5H2;1-4H,5H2. The largest absolute Gasteiger partial charge is 0.497 e. The first-order valence-electron chi connectivity index (χ1n) is 4.29. The van der Waals surface area contributed by atoms with Gasteiger partial charge in [0.25, 0.3) is 0 Å². The fourth-order valence-electron chi connectivity index (χ4n) is 0.918. The van der Waals surface area contributed by atoms with E-state index in [-0.39, 0.29) is 0 Å². The Hall–Kier alpha value is -1.02. The minimum Gasteiger partial charge on any atom is -0.497 e. The second-order valence-corrected chi connectivity index (χ2v) is 2.55. The minimum absolute atomic E-state index is 0.733. The van der Waals surface area contributed by atoms with Crippen LogP contribution in [0.3, 0.4) is 0 Å². The molecule has 2 rings (SSSR count). The second-order valence-electron chi connectivity index (χ2n) is 2.55. The predicted octanol–water partition coefficient (Wildman–Crippen LogP) is 1.62. The van der Waals surface area contributed by atoms with E-state index in [4.69, 9.17) is 4.74 Å². The SMILES string of the molecule is C1=CCNCC1.C1=CCOC=C1. The van der Waals surface area contributed by atoms with Crippen LogP contribution in [0.2, 0.25) is 0 Å². The summed E-state index contributed by atoms with van der Waals surface area (Å²) < 4.78 is 4.80. The number of nitrogens with one attached hydrogen (secondary N) is 1. The molecular formula is C10H15NO.